The molecule has 0 fully saturated rings. The van der Waals surface area contributed by atoms with Gasteiger partial charge in [-0.1, -0.05) is 6.58 Å². The smallest absolute Gasteiger partial charge is 0.0432 e. The first-order chi connectivity index (χ1) is 4.38. The minimum Gasteiger partial charge on any atom is -0.292 e. The van der Waals surface area contributed by atoms with Crippen LogP contribution >= 0.6 is 10.5 Å². The van der Waals surface area contributed by atoms with Gasteiger partial charge in [-0.2, -0.15) is 0 Å². The average Bonchev–Trinajstić information content (AvgIpc) is 2.55. The quantitative estimate of drug-likeness (QED) is 0.450. The Bertz CT molecular complexity index is 225. The van der Waals surface area contributed by atoms with E-state index in [1.54, 1.807) is 4.86 Å². The summed E-state index contributed by atoms with van der Waals surface area (Å²) in [5.74, 6) is 1.32. The lowest BCUT2D eigenvalue weighted by Gasteiger charge is -1.88. The van der Waals surface area contributed by atoms with Crippen molar-refractivity contribution in [2.75, 3.05) is 12.3 Å². The third-order valence-electron chi connectivity index (χ3n) is 1.64. The molecule has 2 aliphatic heterocycles. The molecule has 0 saturated carbocycles. The maximum atomic E-state index is 4.19. The molecular weight excluding hydrogens is 130 g/mol. The summed E-state index contributed by atoms with van der Waals surface area (Å²) in [7, 11) is 0.487. The lowest BCUT2D eigenvalue weighted by atomic mass is 10.3. The Labute approximate surface area is 57.4 Å². The van der Waals surface area contributed by atoms with Crippen molar-refractivity contribution in [1.29, 1.82) is 0 Å². The zero-order valence-corrected chi connectivity index (χ0v) is 6.08. The van der Waals surface area contributed by atoms with Crippen molar-refractivity contribution in [3.63, 3.8) is 0 Å². The Kier molecular flexibility index (Phi) is 1.09. The fraction of sp³-hybridized carbons (Fsp3) is 0.429. The van der Waals surface area contributed by atoms with Gasteiger partial charge >= 0.3 is 0 Å². The van der Waals surface area contributed by atoms with Crippen LogP contribution in [0.1, 0.15) is 6.42 Å². The van der Waals surface area contributed by atoms with E-state index in [9.17, 15) is 0 Å². The second kappa shape index (κ2) is 1.81. The van der Waals surface area contributed by atoms with Gasteiger partial charge in [0.05, 0.1) is 0 Å². The van der Waals surface area contributed by atoms with E-state index in [-0.39, 0.29) is 0 Å². The largest absolute Gasteiger partial charge is 0.292 e. The summed E-state index contributed by atoms with van der Waals surface area (Å²) in [6, 6.07) is 0. The van der Waals surface area contributed by atoms with Gasteiger partial charge in [0.25, 0.3) is 0 Å². The summed E-state index contributed by atoms with van der Waals surface area (Å²) in [6.45, 7) is 4.94. The van der Waals surface area contributed by atoms with Crippen molar-refractivity contribution < 1.29 is 0 Å². The van der Waals surface area contributed by atoms with Crippen molar-refractivity contribution in [3.8, 4) is 0 Å². The summed E-state index contributed by atoms with van der Waals surface area (Å²) in [4.78, 5) is 7.14. The minimum absolute atomic E-state index is 0.487. The molecular formula is C7H9NS. The lowest BCUT2D eigenvalue weighted by Crippen LogP contribution is -1.87. The Morgan fingerprint density at radius 2 is 2.56 bits per heavy atom. The van der Waals surface area contributed by atoms with Crippen LogP contribution in [0, 0.1) is 0 Å². The third kappa shape index (κ3) is 0.874. The molecule has 2 aliphatic rings. The Balaban J connectivity index is 2.31. The Hall–Kier alpha value is -0.370. The summed E-state index contributed by atoms with van der Waals surface area (Å²) in [5.41, 5.74) is 0. The fourth-order valence-electron chi connectivity index (χ4n) is 1.02. The lowest BCUT2D eigenvalue weighted by molar-refractivity contribution is 1.06. The third-order valence-corrected chi connectivity index (χ3v) is 3.71. The standard InChI is InChI=1S/C7H9NS/c1-6-4-8-3-2-7-5-9(6)7/h4H,1-3,5H2. The van der Waals surface area contributed by atoms with Crippen molar-refractivity contribution in [2.45, 2.75) is 6.42 Å². The van der Waals surface area contributed by atoms with Gasteiger partial charge in [-0.25, -0.2) is 0 Å². The molecule has 0 aliphatic carbocycles. The summed E-state index contributed by atoms with van der Waals surface area (Å²) >= 11 is 0. The molecule has 0 saturated heterocycles. The molecule has 0 aromatic rings. The van der Waals surface area contributed by atoms with Gasteiger partial charge in [0.2, 0.25) is 0 Å². The van der Waals surface area contributed by atoms with Crippen LogP contribution in [-0.4, -0.2) is 23.4 Å². The Morgan fingerprint density at radius 1 is 1.67 bits per heavy atom. The molecule has 1 atom stereocenters. The second-order valence-corrected chi connectivity index (χ2v) is 4.50. The maximum Gasteiger partial charge on any atom is 0.0432 e. The van der Waals surface area contributed by atoms with Gasteiger partial charge in [-0.05, 0) is 11.3 Å². The number of aliphatic imine (C=N–C) groups is 1. The minimum atomic E-state index is 0.487. The maximum absolute atomic E-state index is 4.19. The fourth-order valence-corrected chi connectivity index (χ4v) is 2.70. The monoisotopic (exact) mass is 139 g/mol. The van der Waals surface area contributed by atoms with Crippen LogP contribution < -0.4 is 0 Å². The molecule has 0 N–H and O–H groups in total. The molecule has 1 unspecified atom stereocenters. The highest BCUT2D eigenvalue weighted by atomic mass is 32.2. The van der Waals surface area contributed by atoms with E-state index in [0.717, 1.165) is 6.54 Å². The highest BCUT2D eigenvalue weighted by molar-refractivity contribution is 8.27. The van der Waals surface area contributed by atoms with Gasteiger partial charge in [0.1, 0.15) is 0 Å². The zero-order chi connectivity index (χ0) is 6.27. The van der Waals surface area contributed by atoms with Gasteiger partial charge < -0.3 is 0 Å². The van der Waals surface area contributed by atoms with E-state index in [2.05, 4.69) is 11.6 Å². The molecule has 0 radical (unpaired) electrons. The van der Waals surface area contributed by atoms with Crippen molar-refractivity contribution in [2.24, 2.45) is 4.99 Å². The number of hydrogen-bond acceptors (Lipinski definition) is 1. The van der Waals surface area contributed by atoms with Crippen LogP contribution in [0.15, 0.2) is 16.5 Å². The Morgan fingerprint density at radius 3 is 3.44 bits per heavy atom. The molecule has 0 amide bonds. The number of rotatable bonds is 0. The highest BCUT2D eigenvalue weighted by Gasteiger charge is 2.22. The topological polar surface area (TPSA) is 12.4 Å². The predicted octanol–water partition coefficient (Wildman–Crippen LogP) is 1.43. The van der Waals surface area contributed by atoms with Crippen molar-refractivity contribution in [1.82, 2.24) is 0 Å². The van der Waals surface area contributed by atoms with E-state index in [0.29, 0.717) is 10.5 Å². The summed E-state index contributed by atoms with van der Waals surface area (Å²) in [5, 5.41) is 0. The number of hydrogen-bond donors (Lipinski definition) is 0. The first kappa shape index (κ1) is 5.42. The molecule has 0 bridgehead atoms. The van der Waals surface area contributed by atoms with E-state index in [4.69, 9.17) is 0 Å². The van der Waals surface area contributed by atoms with Crippen LogP contribution in [-0.2, 0) is 0 Å². The molecule has 0 aromatic carbocycles. The van der Waals surface area contributed by atoms with Crippen LogP contribution in [0.2, 0.25) is 0 Å². The number of nitrogens with zero attached hydrogens (tertiary/aromatic N) is 1. The highest BCUT2D eigenvalue weighted by Crippen LogP contribution is 2.39. The van der Waals surface area contributed by atoms with Crippen LogP contribution in [0.4, 0.5) is 0 Å². The molecule has 0 spiro atoms. The molecule has 48 valence electrons. The van der Waals surface area contributed by atoms with E-state index >= 15 is 0 Å². The summed E-state index contributed by atoms with van der Waals surface area (Å²) in [6.07, 6.45) is 3.17. The zero-order valence-electron chi connectivity index (χ0n) is 5.26. The molecule has 1 nitrogen and oxygen atoms in total. The van der Waals surface area contributed by atoms with Crippen molar-refractivity contribution >= 4 is 21.6 Å². The molecule has 9 heavy (non-hydrogen) atoms. The summed E-state index contributed by atoms with van der Waals surface area (Å²) < 4.78 is 0. The van der Waals surface area contributed by atoms with Gasteiger partial charge in [0.15, 0.2) is 0 Å². The van der Waals surface area contributed by atoms with Crippen LogP contribution in [0.5, 0.6) is 0 Å². The SMILES string of the molecule is C=C1C=NCCC2=S1C2. The van der Waals surface area contributed by atoms with Crippen LogP contribution in [0.25, 0.3) is 0 Å². The molecule has 2 rings (SSSR count). The normalized spacial score (nSPS) is 31.8. The van der Waals surface area contributed by atoms with Gasteiger partial charge in [-0.15, -0.1) is 10.5 Å². The van der Waals surface area contributed by atoms with Gasteiger partial charge in [0, 0.05) is 23.4 Å². The van der Waals surface area contributed by atoms with E-state index in [1.807, 2.05) is 6.21 Å². The molecule has 2 heteroatoms. The van der Waals surface area contributed by atoms with E-state index < -0.39 is 0 Å². The number of allylic oxidation sites excluding steroid dienone is 1. The predicted molar refractivity (Wildman–Crippen MR) is 44.6 cm³/mol. The van der Waals surface area contributed by atoms with E-state index in [1.165, 1.54) is 17.1 Å². The van der Waals surface area contributed by atoms with Crippen molar-refractivity contribution in [3.05, 3.63) is 11.5 Å². The first-order valence-corrected chi connectivity index (χ1v) is 4.51. The molecule has 2 heterocycles. The van der Waals surface area contributed by atoms with Gasteiger partial charge in [-0.3, -0.25) is 4.99 Å². The molecule has 0 aromatic heterocycles. The average molecular weight is 139 g/mol. The second-order valence-electron chi connectivity index (χ2n) is 2.33. The first-order valence-electron chi connectivity index (χ1n) is 3.12. The van der Waals surface area contributed by atoms with Crippen LogP contribution in [0.3, 0.4) is 0 Å².